The monoisotopic (exact) mass is 239 g/mol. The van der Waals surface area contributed by atoms with Crippen LogP contribution in [-0.4, -0.2) is 26.4 Å². The number of ether oxygens (including phenoxy) is 2. The summed E-state index contributed by atoms with van der Waals surface area (Å²) in [7, 11) is 0. The van der Waals surface area contributed by atoms with Crippen molar-refractivity contribution in [2.45, 2.75) is 13.3 Å². The Labute approximate surface area is 101 Å². The highest BCUT2D eigenvalue weighted by molar-refractivity contribution is 5.56. The second-order valence-electron chi connectivity index (χ2n) is 4.18. The maximum atomic E-state index is 13.1. The van der Waals surface area contributed by atoms with E-state index in [-0.39, 0.29) is 5.82 Å². The largest absolute Gasteiger partial charge is 0.492 e. The normalized spacial score (nSPS) is 19.3. The molecule has 1 unspecified atom stereocenters. The predicted octanol–water partition coefficient (Wildman–Crippen LogP) is 2.67. The van der Waals surface area contributed by atoms with Crippen molar-refractivity contribution in [2.24, 2.45) is 5.92 Å². The van der Waals surface area contributed by atoms with E-state index in [0.717, 1.165) is 31.9 Å². The standard InChI is InChI=1S/C13H18FNO2/c1-2-17-13-7-11(14)3-4-12(13)15-8-10-5-6-16-9-10/h3-4,7,10,15H,2,5-6,8-9H2,1H3. The van der Waals surface area contributed by atoms with Gasteiger partial charge in [-0.2, -0.15) is 0 Å². The van der Waals surface area contributed by atoms with Gasteiger partial charge in [-0.3, -0.25) is 0 Å². The Hall–Kier alpha value is -1.29. The molecule has 4 heteroatoms. The summed E-state index contributed by atoms with van der Waals surface area (Å²) in [5.74, 6) is 0.837. The Morgan fingerprint density at radius 3 is 3.12 bits per heavy atom. The quantitative estimate of drug-likeness (QED) is 0.857. The van der Waals surface area contributed by atoms with Crippen molar-refractivity contribution in [3.8, 4) is 5.75 Å². The third-order valence-electron chi connectivity index (χ3n) is 2.85. The highest BCUT2D eigenvalue weighted by Gasteiger charge is 2.15. The Kier molecular flexibility index (Phi) is 4.20. The first-order chi connectivity index (χ1) is 8.29. The molecule has 2 rings (SSSR count). The lowest BCUT2D eigenvalue weighted by atomic mass is 10.1. The SMILES string of the molecule is CCOc1cc(F)ccc1NCC1CCOC1. The lowest BCUT2D eigenvalue weighted by Crippen LogP contribution is -2.14. The minimum absolute atomic E-state index is 0.275. The van der Waals surface area contributed by atoms with Gasteiger partial charge in [0.05, 0.1) is 18.9 Å². The van der Waals surface area contributed by atoms with Gasteiger partial charge in [0.1, 0.15) is 11.6 Å². The van der Waals surface area contributed by atoms with E-state index in [1.165, 1.54) is 12.1 Å². The van der Waals surface area contributed by atoms with Crippen LogP contribution >= 0.6 is 0 Å². The molecule has 94 valence electrons. The summed E-state index contributed by atoms with van der Waals surface area (Å²) in [5.41, 5.74) is 0.847. The summed E-state index contributed by atoms with van der Waals surface area (Å²) < 4.78 is 23.8. The molecule has 0 spiro atoms. The number of hydrogen-bond acceptors (Lipinski definition) is 3. The fourth-order valence-corrected chi connectivity index (χ4v) is 1.92. The molecule has 0 aromatic heterocycles. The summed E-state index contributed by atoms with van der Waals surface area (Å²) in [5, 5.41) is 3.30. The van der Waals surface area contributed by atoms with Crippen LogP contribution in [0.1, 0.15) is 13.3 Å². The van der Waals surface area contributed by atoms with Crippen LogP contribution in [0.2, 0.25) is 0 Å². The molecule has 1 heterocycles. The third-order valence-corrected chi connectivity index (χ3v) is 2.85. The lowest BCUT2D eigenvalue weighted by molar-refractivity contribution is 0.187. The van der Waals surface area contributed by atoms with E-state index in [4.69, 9.17) is 9.47 Å². The maximum absolute atomic E-state index is 13.1. The summed E-state index contributed by atoms with van der Waals surface area (Å²) in [6.07, 6.45) is 1.08. The molecule has 1 fully saturated rings. The van der Waals surface area contributed by atoms with Gasteiger partial charge in [-0.15, -0.1) is 0 Å². The van der Waals surface area contributed by atoms with Gasteiger partial charge in [-0.05, 0) is 25.5 Å². The molecule has 1 saturated heterocycles. The van der Waals surface area contributed by atoms with E-state index < -0.39 is 0 Å². The number of benzene rings is 1. The van der Waals surface area contributed by atoms with Crippen LogP contribution in [0.25, 0.3) is 0 Å². The summed E-state index contributed by atoms with van der Waals surface area (Å²) in [6, 6.07) is 4.57. The number of anilines is 1. The van der Waals surface area contributed by atoms with Gasteiger partial charge in [0.25, 0.3) is 0 Å². The minimum atomic E-state index is -0.275. The molecule has 1 aromatic rings. The minimum Gasteiger partial charge on any atom is -0.492 e. The average Bonchev–Trinajstić information content (AvgIpc) is 2.81. The summed E-state index contributed by atoms with van der Waals surface area (Å²) in [4.78, 5) is 0. The van der Waals surface area contributed by atoms with E-state index in [1.54, 1.807) is 6.07 Å². The molecule has 17 heavy (non-hydrogen) atoms. The molecule has 0 radical (unpaired) electrons. The van der Waals surface area contributed by atoms with E-state index in [2.05, 4.69) is 5.32 Å². The first kappa shape index (κ1) is 12.2. The molecule has 1 aliphatic heterocycles. The van der Waals surface area contributed by atoms with Crippen LogP contribution in [-0.2, 0) is 4.74 Å². The molecule has 0 saturated carbocycles. The Morgan fingerprint density at radius 1 is 1.53 bits per heavy atom. The van der Waals surface area contributed by atoms with Crippen molar-refractivity contribution in [3.05, 3.63) is 24.0 Å². The Balaban J connectivity index is 1.98. The molecular weight excluding hydrogens is 221 g/mol. The fourth-order valence-electron chi connectivity index (χ4n) is 1.92. The van der Waals surface area contributed by atoms with E-state index in [0.29, 0.717) is 18.3 Å². The Bertz CT molecular complexity index is 364. The van der Waals surface area contributed by atoms with E-state index in [1.807, 2.05) is 6.92 Å². The second-order valence-corrected chi connectivity index (χ2v) is 4.18. The van der Waals surface area contributed by atoms with Crippen LogP contribution in [0.3, 0.4) is 0 Å². The topological polar surface area (TPSA) is 30.5 Å². The van der Waals surface area contributed by atoms with Gasteiger partial charge < -0.3 is 14.8 Å². The van der Waals surface area contributed by atoms with E-state index in [9.17, 15) is 4.39 Å². The molecular formula is C13H18FNO2. The van der Waals surface area contributed by atoms with E-state index >= 15 is 0 Å². The summed E-state index contributed by atoms with van der Waals surface area (Å²) in [6.45, 7) is 4.90. The number of hydrogen-bond donors (Lipinski definition) is 1. The molecule has 3 nitrogen and oxygen atoms in total. The van der Waals surface area contributed by atoms with Crippen molar-refractivity contribution >= 4 is 5.69 Å². The van der Waals surface area contributed by atoms with Gasteiger partial charge in [-0.1, -0.05) is 0 Å². The van der Waals surface area contributed by atoms with Crippen LogP contribution in [0.5, 0.6) is 5.75 Å². The molecule has 0 bridgehead atoms. The molecule has 0 amide bonds. The third kappa shape index (κ3) is 3.33. The lowest BCUT2D eigenvalue weighted by Gasteiger charge is -2.14. The molecule has 1 N–H and O–H groups in total. The van der Waals surface area contributed by atoms with Gasteiger partial charge >= 0.3 is 0 Å². The zero-order chi connectivity index (χ0) is 12.1. The van der Waals surface area contributed by atoms with Crippen molar-refractivity contribution in [1.29, 1.82) is 0 Å². The Morgan fingerprint density at radius 2 is 2.41 bits per heavy atom. The van der Waals surface area contributed by atoms with Gasteiger partial charge in [-0.25, -0.2) is 4.39 Å². The van der Waals surface area contributed by atoms with Crippen LogP contribution in [0, 0.1) is 11.7 Å². The first-order valence-corrected chi connectivity index (χ1v) is 6.03. The number of rotatable bonds is 5. The van der Waals surface area contributed by atoms with Gasteiger partial charge in [0, 0.05) is 25.1 Å². The van der Waals surface area contributed by atoms with Crippen molar-refractivity contribution < 1.29 is 13.9 Å². The van der Waals surface area contributed by atoms with Crippen molar-refractivity contribution in [3.63, 3.8) is 0 Å². The van der Waals surface area contributed by atoms with Gasteiger partial charge in [0.2, 0.25) is 0 Å². The molecule has 1 aliphatic rings. The predicted molar refractivity (Wildman–Crippen MR) is 65.0 cm³/mol. The zero-order valence-electron chi connectivity index (χ0n) is 10.0. The van der Waals surface area contributed by atoms with Crippen LogP contribution < -0.4 is 10.1 Å². The number of halogens is 1. The molecule has 1 atom stereocenters. The fraction of sp³-hybridized carbons (Fsp3) is 0.538. The highest BCUT2D eigenvalue weighted by Crippen LogP contribution is 2.26. The molecule has 1 aromatic carbocycles. The number of nitrogens with one attached hydrogen (secondary N) is 1. The molecule has 0 aliphatic carbocycles. The first-order valence-electron chi connectivity index (χ1n) is 6.03. The highest BCUT2D eigenvalue weighted by atomic mass is 19.1. The zero-order valence-corrected chi connectivity index (χ0v) is 10.0. The van der Waals surface area contributed by atoms with Crippen LogP contribution in [0.15, 0.2) is 18.2 Å². The van der Waals surface area contributed by atoms with Gasteiger partial charge in [0.15, 0.2) is 0 Å². The second kappa shape index (κ2) is 5.87. The average molecular weight is 239 g/mol. The maximum Gasteiger partial charge on any atom is 0.145 e. The smallest absolute Gasteiger partial charge is 0.145 e. The van der Waals surface area contributed by atoms with Crippen LogP contribution in [0.4, 0.5) is 10.1 Å². The van der Waals surface area contributed by atoms with Crippen molar-refractivity contribution in [1.82, 2.24) is 0 Å². The van der Waals surface area contributed by atoms with Crippen molar-refractivity contribution in [2.75, 3.05) is 31.7 Å². The summed E-state index contributed by atoms with van der Waals surface area (Å²) >= 11 is 0.